The van der Waals surface area contributed by atoms with Gasteiger partial charge in [-0.25, -0.2) is 4.98 Å². The molecule has 0 aliphatic heterocycles. The van der Waals surface area contributed by atoms with Crippen LogP contribution in [-0.2, 0) is 6.54 Å². The topological polar surface area (TPSA) is 38.0 Å². The van der Waals surface area contributed by atoms with Crippen molar-refractivity contribution in [1.29, 1.82) is 0 Å². The fraction of sp³-hybridized carbons (Fsp3) is 0.308. The Hall–Kier alpha value is -1.13. The van der Waals surface area contributed by atoms with Crippen LogP contribution >= 0.6 is 15.9 Å². The molecule has 0 aliphatic rings. The number of hydrogen-bond donors (Lipinski definition) is 1. The fourth-order valence-corrected chi connectivity index (χ4v) is 2.40. The van der Waals surface area contributed by atoms with E-state index >= 15 is 0 Å². The molecule has 1 aromatic carbocycles. The number of aryl methyl sites for hydroxylation is 2. The summed E-state index contributed by atoms with van der Waals surface area (Å²) in [6.07, 6.45) is 2.93. The van der Waals surface area contributed by atoms with Crippen LogP contribution in [-0.4, -0.2) is 14.7 Å². The molecule has 3 nitrogen and oxygen atoms in total. The van der Waals surface area contributed by atoms with E-state index in [1.165, 1.54) is 0 Å². The maximum Gasteiger partial charge on any atom is 0.142 e. The smallest absolute Gasteiger partial charge is 0.142 e. The summed E-state index contributed by atoms with van der Waals surface area (Å²) >= 11 is 3.42. The van der Waals surface area contributed by atoms with Gasteiger partial charge in [0.25, 0.3) is 0 Å². The maximum absolute atomic E-state index is 10.4. The van der Waals surface area contributed by atoms with Crippen LogP contribution in [0.2, 0.25) is 0 Å². The monoisotopic (exact) mass is 294 g/mol. The Bertz CT molecular complexity index is 522. The van der Waals surface area contributed by atoms with Gasteiger partial charge in [-0.15, -0.1) is 0 Å². The van der Waals surface area contributed by atoms with E-state index in [1.807, 2.05) is 42.8 Å². The lowest BCUT2D eigenvalue weighted by atomic mass is 10.0. The second-order valence-corrected chi connectivity index (χ2v) is 4.89. The highest BCUT2D eigenvalue weighted by Crippen LogP contribution is 2.25. The Kier molecular flexibility index (Phi) is 3.64. The highest BCUT2D eigenvalue weighted by atomic mass is 79.9. The second kappa shape index (κ2) is 5.02. The summed E-state index contributed by atoms with van der Waals surface area (Å²) in [6, 6.07) is 5.86. The molecule has 17 heavy (non-hydrogen) atoms. The number of rotatable bonds is 3. The largest absolute Gasteiger partial charge is 0.380 e. The standard InChI is InChI=1S/C13H15BrN2O/c1-3-16-7-6-15-13(16)12(17)11-5-4-10(14)8-9(11)2/h4-8,12,17H,3H2,1-2H3. The van der Waals surface area contributed by atoms with Crippen LogP contribution in [0.25, 0.3) is 0 Å². The molecule has 1 heterocycles. The van der Waals surface area contributed by atoms with E-state index in [4.69, 9.17) is 0 Å². The predicted octanol–water partition coefficient (Wildman–Crippen LogP) is 3.06. The number of benzene rings is 1. The lowest BCUT2D eigenvalue weighted by Crippen LogP contribution is -2.10. The third-order valence-electron chi connectivity index (χ3n) is 2.86. The zero-order chi connectivity index (χ0) is 12.4. The molecular formula is C13H15BrN2O. The van der Waals surface area contributed by atoms with Crippen molar-refractivity contribution in [2.45, 2.75) is 26.5 Å². The van der Waals surface area contributed by atoms with E-state index in [9.17, 15) is 5.11 Å². The van der Waals surface area contributed by atoms with Gasteiger partial charge in [0, 0.05) is 23.4 Å². The van der Waals surface area contributed by atoms with E-state index in [0.29, 0.717) is 5.82 Å². The third kappa shape index (κ3) is 2.42. The van der Waals surface area contributed by atoms with Crippen molar-refractivity contribution < 1.29 is 5.11 Å². The summed E-state index contributed by atoms with van der Waals surface area (Å²) in [5, 5.41) is 10.4. The molecule has 0 radical (unpaired) electrons. The van der Waals surface area contributed by atoms with Gasteiger partial charge in [-0.2, -0.15) is 0 Å². The van der Waals surface area contributed by atoms with Gasteiger partial charge in [0.1, 0.15) is 11.9 Å². The van der Waals surface area contributed by atoms with E-state index in [2.05, 4.69) is 20.9 Å². The van der Waals surface area contributed by atoms with E-state index in [-0.39, 0.29) is 0 Å². The molecule has 90 valence electrons. The summed E-state index contributed by atoms with van der Waals surface area (Å²) in [6.45, 7) is 4.83. The molecule has 0 spiro atoms. The van der Waals surface area contributed by atoms with Gasteiger partial charge in [-0.05, 0) is 37.1 Å². The van der Waals surface area contributed by atoms with Crippen LogP contribution in [0.4, 0.5) is 0 Å². The van der Waals surface area contributed by atoms with Crippen molar-refractivity contribution in [3.05, 3.63) is 52.0 Å². The zero-order valence-electron chi connectivity index (χ0n) is 9.89. The van der Waals surface area contributed by atoms with Crippen molar-refractivity contribution in [2.24, 2.45) is 0 Å². The molecule has 4 heteroatoms. The average Bonchev–Trinajstić information content (AvgIpc) is 2.76. The van der Waals surface area contributed by atoms with Gasteiger partial charge in [0.15, 0.2) is 0 Å². The first kappa shape index (κ1) is 12.3. The molecule has 1 unspecified atom stereocenters. The van der Waals surface area contributed by atoms with Crippen molar-refractivity contribution in [1.82, 2.24) is 9.55 Å². The Morgan fingerprint density at radius 1 is 1.47 bits per heavy atom. The first-order chi connectivity index (χ1) is 8.13. The van der Waals surface area contributed by atoms with Crippen LogP contribution in [0, 0.1) is 6.92 Å². The zero-order valence-corrected chi connectivity index (χ0v) is 11.5. The van der Waals surface area contributed by atoms with Gasteiger partial charge in [-0.1, -0.05) is 22.0 Å². The minimum atomic E-state index is -0.668. The molecule has 0 saturated carbocycles. The van der Waals surface area contributed by atoms with Crippen molar-refractivity contribution in [2.75, 3.05) is 0 Å². The maximum atomic E-state index is 10.4. The number of aromatic nitrogens is 2. The second-order valence-electron chi connectivity index (χ2n) is 3.97. The quantitative estimate of drug-likeness (QED) is 0.945. The Balaban J connectivity index is 2.40. The summed E-state index contributed by atoms with van der Waals surface area (Å²) in [4.78, 5) is 4.23. The molecule has 0 bridgehead atoms. The van der Waals surface area contributed by atoms with Gasteiger partial charge >= 0.3 is 0 Å². The predicted molar refractivity (Wildman–Crippen MR) is 70.8 cm³/mol. The van der Waals surface area contributed by atoms with Crippen molar-refractivity contribution >= 4 is 15.9 Å². The first-order valence-corrected chi connectivity index (χ1v) is 6.38. The summed E-state index contributed by atoms with van der Waals surface area (Å²) < 4.78 is 2.97. The van der Waals surface area contributed by atoms with Crippen molar-refractivity contribution in [3.8, 4) is 0 Å². The number of imidazole rings is 1. The molecule has 1 atom stereocenters. The molecule has 0 saturated heterocycles. The number of aliphatic hydroxyl groups is 1. The molecule has 0 aliphatic carbocycles. The highest BCUT2D eigenvalue weighted by Gasteiger charge is 2.17. The summed E-state index contributed by atoms with van der Waals surface area (Å²) in [5.74, 6) is 0.693. The van der Waals surface area contributed by atoms with E-state index < -0.39 is 6.10 Å². The van der Waals surface area contributed by atoms with Crippen LogP contribution in [0.1, 0.15) is 30.0 Å². The number of aliphatic hydroxyl groups excluding tert-OH is 1. The first-order valence-electron chi connectivity index (χ1n) is 5.58. The van der Waals surface area contributed by atoms with Gasteiger partial charge in [0.05, 0.1) is 0 Å². The van der Waals surface area contributed by atoms with Crippen LogP contribution < -0.4 is 0 Å². The molecule has 2 rings (SSSR count). The highest BCUT2D eigenvalue weighted by molar-refractivity contribution is 9.10. The Morgan fingerprint density at radius 2 is 2.24 bits per heavy atom. The lowest BCUT2D eigenvalue weighted by Gasteiger charge is -2.15. The van der Waals surface area contributed by atoms with Gasteiger partial charge in [-0.3, -0.25) is 0 Å². The third-order valence-corrected chi connectivity index (χ3v) is 3.35. The normalized spacial score (nSPS) is 12.7. The Labute approximate surface area is 109 Å². The van der Waals surface area contributed by atoms with Crippen LogP contribution in [0.5, 0.6) is 0 Å². The van der Waals surface area contributed by atoms with Gasteiger partial charge < -0.3 is 9.67 Å². The molecule has 1 aromatic heterocycles. The number of halogens is 1. The molecule has 2 aromatic rings. The SMILES string of the molecule is CCn1ccnc1C(O)c1ccc(Br)cc1C. The molecule has 0 amide bonds. The summed E-state index contributed by atoms with van der Waals surface area (Å²) in [7, 11) is 0. The van der Waals surface area contributed by atoms with Crippen LogP contribution in [0.15, 0.2) is 35.1 Å². The van der Waals surface area contributed by atoms with Crippen molar-refractivity contribution in [3.63, 3.8) is 0 Å². The lowest BCUT2D eigenvalue weighted by molar-refractivity contribution is 0.204. The average molecular weight is 295 g/mol. The van der Waals surface area contributed by atoms with Crippen LogP contribution in [0.3, 0.4) is 0 Å². The molecule has 1 N–H and O–H groups in total. The number of hydrogen-bond acceptors (Lipinski definition) is 2. The summed E-state index contributed by atoms with van der Waals surface area (Å²) in [5.41, 5.74) is 1.95. The minimum absolute atomic E-state index is 0.668. The fourth-order valence-electron chi connectivity index (χ4n) is 1.92. The molecular weight excluding hydrogens is 280 g/mol. The Morgan fingerprint density at radius 3 is 2.88 bits per heavy atom. The molecule has 0 fully saturated rings. The van der Waals surface area contributed by atoms with Gasteiger partial charge in [0.2, 0.25) is 0 Å². The minimum Gasteiger partial charge on any atom is -0.380 e. The van der Waals surface area contributed by atoms with E-state index in [0.717, 1.165) is 22.1 Å². The van der Waals surface area contributed by atoms with E-state index in [1.54, 1.807) is 6.20 Å². The number of nitrogens with zero attached hydrogens (tertiary/aromatic N) is 2.